The highest BCUT2D eigenvalue weighted by Crippen LogP contribution is 2.17. The Morgan fingerprint density at radius 3 is 2.74 bits per heavy atom. The van der Waals surface area contributed by atoms with E-state index in [1.165, 1.54) is 0 Å². The van der Waals surface area contributed by atoms with E-state index in [1.807, 2.05) is 42.1 Å². The van der Waals surface area contributed by atoms with Crippen molar-refractivity contribution in [2.45, 2.75) is 0 Å². The van der Waals surface area contributed by atoms with Gasteiger partial charge in [0.25, 0.3) is 5.91 Å². The third-order valence-corrected chi connectivity index (χ3v) is 3.09. The average molecular weight is 251 g/mol. The summed E-state index contributed by atoms with van der Waals surface area (Å²) in [5.74, 6) is -0.116. The maximum absolute atomic E-state index is 12.2. The minimum Gasteiger partial charge on any atom is -0.351 e. The molecule has 0 aliphatic heterocycles. The number of rotatable bonds is 2. The van der Waals surface area contributed by atoms with Crippen LogP contribution in [-0.2, 0) is 7.05 Å². The second kappa shape index (κ2) is 4.57. The normalized spacial score (nSPS) is 10.6. The summed E-state index contributed by atoms with van der Waals surface area (Å²) in [7, 11) is 1.97. The fourth-order valence-electron chi connectivity index (χ4n) is 2.04. The number of nitrogens with zero attached hydrogens (tertiary/aromatic N) is 2. The van der Waals surface area contributed by atoms with E-state index in [1.54, 1.807) is 24.5 Å². The van der Waals surface area contributed by atoms with Gasteiger partial charge in [0.2, 0.25) is 0 Å². The van der Waals surface area contributed by atoms with Gasteiger partial charge in [-0.15, -0.1) is 0 Å². The van der Waals surface area contributed by atoms with Crippen molar-refractivity contribution in [1.82, 2.24) is 9.55 Å². The Hall–Kier alpha value is -2.62. The average Bonchev–Trinajstić information content (AvgIpc) is 2.81. The molecule has 3 aromatic rings. The van der Waals surface area contributed by atoms with Crippen LogP contribution in [0.4, 0.5) is 5.69 Å². The molecule has 0 fully saturated rings. The molecule has 19 heavy (non-hydrogen) atoms. The third-order valence-electron chi connectivity index (χ3n) is 3.09. The van der Waals surface area contributed by atoms with Crippen LogP contribution < -0.4 is 5.32 Å². The first-order valence-corrected chi connectivity index (χ1v) is 6.00. The molecule has 0 aliphatic rings. The molecule has 0 radical (unpaired) electrons. The fourth-order valence-corrected chi connectivity index (χ4v) is 2.04. The second-order valence-electron chi connectivity index (χ2n) is 4.39. The molecule has 1 aromatic carbocycles. The minimum absolute atomic E-state index is 0.116. The number of benzene rings is 1. The van der Waals surface area contributed by atoms with Crippen molar-refractivity contribution in [2.24, 2.45) is 7.05 Å². The highest BCUT2D eigenvalue weighted by molar-refractivity contribution is 6.06. The van der Waals surface area contributed by atoms with Gasteiger partial charge in [-0.25, -0.2) is 0 Å². The smallest absolute Gasteiger partial charge is 0.255 e. The van der Waals surface area contributed by atoms with Crippen molar-refractivity contribution in [3.05, 3.63) is 60.6 Å². The molecular formula is C15H13N3O. The Balaban J connectivity index is 1.91. The molecular weight excluding hydrogens is 238 g/mol. The van der Waals surface area contributed by atoms with E-state index in [0.717, 1.165) is 16.6 Å². The molecule has 2 heterocycles. The lowest BCUT2D eigenvalue weighted by Gasteiger charge is -2.05. The van der Waals surface area contributed by atoms with E-state index >= 15 is 0 Å². The number of fused-ring (bicyclic) bond motifs is 1. The predicted octanol–water partition coefficient (Wildman–Crippen LogP) is 2.83. The Bertz CT molecular complexity index is 731. The van der Waals surface area contributed by atoms with E-state index in [-0.39, 0.29) is 5.91 Å². The number of aryl methyl sites for hydroxylation is 1. The van der Waals surface area contributed by atoms with Crippen molar-refractivity contribution >= 4 is 22.5 Å². The van der Waals surface area contributed by atoms with Gasteiger partial charge in [-0.3, -0.25) is 9.78 Å². The monoisotopic (exact) mass is 251 g/mol. The lowest BCUT2D eigenvalue weighted by molar-refractivity contribution is 0.102. The molecule has 3 rings (SSSR count). The molecule has 0 spiro atoms. The maximum Gasteiger partial charge on any atom is 0.255 e. The summed E-state index contributed by atoms with van der Waals surface area (Å²) in [5.41, 5.74) is 2.43. The van der Waals surface area contributed by atoms with Crippen molar-refractivity contribution < 1.29 is 4.79 Å². The number of amides is 1. The van der Waals surface area contributed by atoms with E-state index in [0.29, 0.717) is 5.56 Å². The number of hydrogen-bond donors (Lipinski definition) is 1. The van der Waals surface area contributed by atoms with Crippen LogP contribution in [0.2, 0.25) is 0 Å². The zero-order valence-electron chi connectivity index (χ0n) is 10.5. The van der Waals surface area contributed by atoms with E-state index in [9.17, 15) is 4.79 Å². The molecule has 1 N–H and O–H groups in total. The van der Waals surface area contributed by atoms with Crippen LogP contribution in [0.3, 0.4) is 0 Å². The van der Waals surface area contributed by atoms with Crippen LogP contribution in [-0.4, -0.2) is 15.5 Å². The SMILES string of the molecule is Cn1ccc2ccc(C(=O)Nc3ccncc3)cc21. The van der Waals surface area contributed by atoms with Crippen molar-refractivity contribution in [1.29, 1.82) is 0 Å². The van der Waals surface area contributed by atoms with Crippen molar-refractivity contribution in [3.8, 4) is 0 Å². The second-order valence-corrected chi connectivity index (χ2v) is 4.39. The van der Waals surface area contributed by atoms with Gasteiger partial charge in [0.1, 0.15) is 0 Å². The Labute approximate surface area is 110 Å². The number of anilines is 1. The van der Waals surface area contributed by atoms with Crippen LogP contribution in [0.1, 0.15) is 10.4 Å². The molecule has 0 unspecified atom stereocenters. The van der Waals surface area contributed by atoms with Crippen LogP contribution in [0, 0.1) is 0 Å². The molecule has 0 saturated carbocycles. The van der Waals surface area contributed by atoms with Gasteiger partial charge in [-0.1, -0.05) is 6.07 Å². The summed E-state index contributed by atoms with van der Waals surface area (Å²) in [6.45, 7) is 0. The van der Waals surface area contributed by atoms with Gasteiger partial charge >= 0.3 is 0 Å². The molecule has 4 nitrogen and oxygen atoms in total. The van der Waals surface area contributed by atoms with Crippen LogP contribution in [0.25, 0.3) is 10.9 Å². The number of carbonyl (C=O) groups excluding carboxylic acids is 1. The molecule has 1 amide bonds. The number of pyridine rings is 1. The summed E-state index contributed by atoms with van der Waals surface area (Å²) >= 11 is 0. The van der Waals surface area contributed by atoms with Gasteiger partial charge in [-0.2, -0.15) is 0 Å². The largest absolute Gasteiger partial charge is 0.351 e. The summed E-state index contributed by atoms with van der Waals surface area (Å²) in [5, 5.41) is 3.97. The minimum atomic E-state index is -0.116. The molecule has 0 aliphatic carbocycles. The quantitative estimate of drug-likeness (QED) is 0.761. The van der Waals surface area contributed by atoms with E-state index in [4.69, 9.17) is 0 Å². The van der Waals surface area contributed by atoms with Crippen LogP contribution in [0.5, 0.6) is 0 Å². The number of hydrogen-bond acceptors (Lipinski definition) is 2. The highest BCUT2D eigenvalue weighted by Gasteiger charge is 2.08. The van der Waals surface area contributed by atoms with Crippen molar-refractivity contribution in [3.63, 3.8) is 0 Å². The lowest BCUT2D eigenvalue weighted by Crippen LogP contribution is -2.11. The Morgan fingerprint density at radius 1 is 1.16 bits per heavy atom. The molecule has 2 aromatic heterocycles. The number of aromatic nitrogens is 2. The first-order valence-electron chi connectivity index (χ1n) is 6.00. The molecule has 4 heteroatoms. The summed E-state index contributed by atoms with van der Waals surface area (Å²) in [6, 6.07) is 11.2. The number of nitrogens with one attached hydrogen (secondary N) is 1. The van der Waals surface area contributed by atoms with Gasteiger partial charge in [0.15, 0.2) is 0 Å². The first-order chi connectivity index (χ1) is 9.24. The van der Waals surface area contributed by atoms with Crippen LogP contribution >= 0.6 is 0 Å². The standard InChI is InChI=1S/C15H13N3O/c1-18-9-6-11-2-3-12(10-14(11)18)15(19)17-13-4-7-16-8-5-13/h2-10H,1H3,(H,16,17,19). The first kappa shape index (κ1) is 11.5. The van der Waals surface area contributed by atoms with Gasteiger partial charge < -0.3 is 9.88 Å². The summed E-state index contributed by atoms with van der Waals surface area (Å²) in [4.78, 5) is 16.1. The summed E-state index contributed by atoms with van der Waals surface area (Å²) < 4.78 is 2.00. The fraction of sp³-hybridized carbons (Fsp3) is 0.0667. The zero-order valence-corrected chi connectivity index (χ0v) is 10.5. The van der Waals surface area contributed by atoms with Gasteiger partial charge in [0.05, 0.1) is 0 Å². The molecule has 0 bridgehead atoms. The predicted molar refractivity (Wildman–Crippen MR) is 75.1 cm³/mol. The molecule has 94 valence electrons. The third kappa shape index (κ3) is 2.20. The van der Waals surface area contributed by atoms with E-state index < -0.39 is 0 Å². The molecule has 0 atom stereocenters. The zero-order chi connectivity index (χ0) is 13.2. The highest BCUT2D eigenvalue weighted by atomic mass is 16.1. The van der Waals surface area contributed by atoms with Gasteiger partial charge in [0, 0.05) is 42.4 Å². The Kier molecular flexibility index (Phi) is 2.76. The van der Waals surface area contributed by atoms with Crippen molar-refractivity contribution in [2.75, 3.05) is 5.32 Å². The maximum atomic E-state index is 12.2. The van der Waals surface area contributed by atoms with Gasteiger partial charge in [-0.05, 0) is 35.7 Å². The summed E-state index contributed by atoms with van der Waals surface area (Å²) in [6.07, 6.45) is 5.28. The lowest BCUT2D eigenvalue weighted by atomic mass is 10.1. The Morgan fingerprint density at radius 2 is 1.95 bits per heavy atom. The molecule has 0 saturated heterocycles. The van der Waals surface area contributed by atoms with E-state index in [2.05, 4.69) is 10.3 Å². The van der Waals surface area contributed by atoms with Crippen LogP contribution in [0.15, 0.2) is 55.0 Å². The topological polar surface area (TPSA) is 46.9 Å². The number of carbonyl (C=O) groups is 1.